The van der Waals surface area contributed by atoms with Crippen molar-refractivity contribution in [2.24, 2.45) is 0 Å². The Morgan fingerprint density at radius 2 is 2.00 bits per heavy atom. The molecule has 0 aliphatic rings. The zero-order valence-corrected chi connectivity index (χ0v) is 5.79. The first-order valence-electron chi connectivity index (χ1n) is 1.62. The maximum absolute atomic E-state index is 10.1. The van der Waals surface area contributed by atoms with Crippen molar-refractivity contribution < 1.29 is 13.2 Å². The van der Waals surface area contributed by atoms with Gasteiger partial charge in [0.1, 0.15) is 0 Å². The van der Waals surface area contributed by atoms with E-state index in [9.17, 15) is 13.2 Å². The van der Waals surface area contributed by atoms with Gasteiger partial charge < -0.3 is 0 Å². The van der Waals surface area contributed by atoms with Crippen molar-refractivity contribution in [2.75, 3.05) is 6.26 Å². The number of carbonyl (C=O) groups excluding carboxylic acids is 1. The van der Waals surface area contributed by atoms with Crippen molar-refractivity contribution in [1.82, 2.24) is 4.72 Å². The van der Waals surface area contributed by atoms with Crippen LogP contribution in [0, 0.1) is 0 Å². The highest BCUT2D eigenvalue weighted by atomic mass is 32.2. The summed E-state index contributed by atoms with van der Waals surface area (Å²) in [6, 6.07) is 0. The van der Waals surface area contributed by atoms with E-state index in [-0.39, 0.29) is 0 Å². The fourth-order valence-electron chi connectivity index (χ4n) is 0.159. The molecule has 0 aromatic carbocycles. The van der Waals surface area contributed by atoms with E-state index in [1.54, 1.807) is 4.72 Å². The monoisotopic (exact) mass is 155 g/mol. The zero-order chi connectivity index (χ0) is 6.78. The van der Waals surface area contributed by atoms with Crippen LogP contribution in [0.15, 0.2) is 0 Å². The quantitative estimate of drug-likeness (QED) is 0.506. The fourth-order valence-corrected chi connectivity index (χ4v) is 0.973. The minimum Gasteiger partial charge on any atom is -0.261 e. The molecule has 0 radical (unpaired) electrons. The number of hydrogen-bond donors (Lipinski definition) is 2. The summed E-state index contributed by atoms with van der Waals surface area (Å²) in [6.07, 6.45) is 0.876. The zero-order valence-electron chi connectivity index (χ0n) is 4.08. The Morgan fingerprint density at radius 1 is 1.62 bits per heavy atom. The summed E-state index contributed by atoms with van der Waals surface area (Å²) in [5, 5.41) is -0.868. The Labute approximate surface area is 52.7 Å². The molecular formula is C2H5NO3S2. The smallest absolute Gasteiger partial charge is 0.261 e. The van der Waals surface area contributed by atoms with E-state index in [0.29, 0.717) is 0 Å². The van der Waals surface area contributed by atoms with Gasteiger partial charge in [-0.05, 0) is 0 Å². The molecule has 48 valence electrons. The second kappa shape index (κ2) is 2.36. The molecule has 0 aromatic rings. The lowest BCUT2D eigenvalue weighted by molar-refractivity contribution is 0.265. The van der Waals surface area contributed by atoms with Gasteiger partial charge in [0.15, 0.2) is 0 Å². The van der Waals surface area contributed by atoms with Crippen molar-refractivity contribution in [3.8, 4) is 0 Å². The first kappa shape index (κ1) is 7.77. The van der Waals surface area contributed by atoms with E-state index in [1.807, 2.05) is 0 Å². The normalized spacial score (nSPS) is 10.8. The molecule has 1 N–H and O–H groups in total. The molecule has 0 aliphatic heterocycles. The molecule has 6 heteroatoms. The molecule has 0 fully saturated rings. The lowest BCUT2D eigenvalue weighted by atomic mass is 11.5. The van der Waals surface area contributed by atoms with Gasteiger partial charge in [0.05, 0.1) is 6.26 Å². The predicted octanol–water partition coefficient (Wildman–Crippen LogP) is -0.415. The molecule has 0 saturated carbocycles. The Hall–Kier alpha value is -0.230. The van der Waals surface area contributed by atoms with Gasteiger partial charge in [-0.15, -0.1) is 0 Å². The van der Waals surface area contributed by atoms with Crippen molar-refractivity contribution in [1.29, 1.82) is 0 Å². The molecule has 0 atom stereocenters. The third kappa shape index (κ3) is 5.77. The minimum atomic E-state index is -3.40. The highest BCUT2D eigenvalue weighted by Crippen LogP contribution is 1.79. The molecule has 1 amide bonds. The van der Waals surface area contributed by atoms with Crippen LogP contribution in [0.3, 0.4) is 0 Å². The van der Waals surface area contributed by atoms with Gasteiger partial charge in [-0.2, -0.15) is 0 Å². The molecule has 8 heavy (non-hydrogen) atoms. The minimum absolute atomic E-state index is 0.868. The van der Waals surface area contributed by atoms with Crippen LogP contribution in [0.2, 0.25) is 0 Å². The lowest BCUT2D eigenvalue weighted by Crippen LogP contribution is -2.23. The van der Waals surface area contributed by atoms with Gasteiger partial charge in [0, 0.05) is 0 Å². The Morgan fingerprint density at radius 3 is 2.00 bits per heavy atom. The molecule has 4 nitrogen and oxygen atoms in total. The summed E-state index contributed by atoms with van der Waals surface area (Å²) < 4.78 is 21.7. The molecule has 0 unspecified atom stereocenters. The van der Waals surface area contributed by atoms with Crippen LogP contribution < -0.4 is 4.72 Å². The summed E-state index contributed by atoms with van der Waals surface area (Å²) in [5.41, 5.74) is 0. The van der Waals surface area contributed by atoms with Gasteiger partial charge in [0.25, 0.3) is 5.24 Å². The van der Waals surface area contributed by atoms with E-state index in [1.165, 1.54) is 0 Å². The third-order valence-electron chi connectivity index (χ3n) is 0.273. The molecule has 0 rings (SSSR count). The fraction of sp³-hybridized carbons (Fsp3) is 0.500. The van der Waals surface area contributed by atoms with Crippen molar-refractivity contribution in [2.45, 2.75) is 0 Å². The van der Waals surface area contributed by atoms with E-state index in [2.05, 4.69) is 12.6 Å². The standard InChI is InChI=1S/C2H5NO3S2/c1-8(5,6)3-2(4)7/h1H3,(H2,3,4,7). The predicted molar refractivity (Wildman–Crippen MR) is 32.4 cm³/mol. The maximum Gasteiger partial charge on any atom is 0.289 e. The van der Waals surface area contributed by atoms with Crippen molar-refractivity contribution in [3.63, 3.8) is 0 Å². The van der Waals surface area contributed by atoms with E-state index in [0.717, 1.165) is 6.26 Å². The third-order valence-corrected chi connectivity index (χ3v) is 1.09. The molecule has 0 bridgehead atoms. The van der Waals surface area contributed by atoms with Crippen molar-refractivity contribution in [3.05, 3.63) is 0 Å². The summed E-state index contributed by atoms with van der Waals surface area (Å²) in [7, 11) is -3.40. The van der Waals surface area contributed by atoms with Gasteiger partial charge in [0.2, 0.25) is 10.0 Å². The Balaban J connectivity index is 3.95. The number of nitrogens with one attached hydrogen (secondary N) is 1. The molecular weight excluding hydrogens is 150 g/mol. The Bertz CT molecular complexity index is 181. The number of thiol groups is 1. The summed E-state index contributed by atoms with van der Waals surface area (Å²) in [5.74, 6) is 0. The van der Waals surface area contributed by atoms with Gasteiger partial charge in [-0.3, -0.25) is 4.79 Å². The SMILES string of the molecule is CS(=O)(=O)NC(=O)S. The van der Waals surface area contributed by atoms with Crippen LogP contribution in [0.1, 0.15) is 0 Å². The molecule has 0 spiro atoms. The van der Waals surface area contributed by atoms with Crippen LogP contribution >= 0.6 is 12.6 Å². The van der Waals surface area contributed by atoms with E-state index >= 15 is 0 Å². The van der Waals surface area contributed by atoms with Gasteiger partial charge in [-0.25, -0.2) is 13.1 Å². The average Bonchev–Trinajstić information content (AvgIpc) is 1.21. The number of rotatable bonds is 1. The number of hydrogen-bond acceptors (Lipinski definition) is 3. The van der Waals surface area contributed by atoms with Crippen molar-refractivity contribution >= 4 is 27.9 Å². The summed E-state index contributed by atoms with van der Waals surface area (Å²) in [4.78, 5) is 9.83. The number of sulfonamides is 1. The van der Waals surface area contributed by atoms with Crippen LogP contribution in [0.5, 0.6) is 0 Å². The van der Waals surface area contributed by atoms with Crippen LogP contribution in [-0.2, 0) is 10.0 Å². The second-order valence-electron chi connectivity index (χ2n) is 1.18. The maximum atomic E-state index is 10.1. The first-order chi connectivity index (χ1) is 3.42. The lowest BCUT2D eigenvalue weighted by Gasteiger charge is -1.92. The summed E-state index contributed by atoms with van der Waals surface area (Å²) >= 11 is 3.16. The summed E-state index contributed by atoms with van der Waals surface area (Å²) in [6.45, 7) is 0. The Kier molecular flexibility index (Phi) is 2.29. The van der Waals surface area contributed by atoms with E-state index < -0.39 is 15.3 Å². The molecule has 0 aliphatic carbocycles. The molecule has 0 heterocycles. The number of carbonyl (C=O) groups is 1. The highest BCUT2D eigenvalue weighted by molar-refractivity contribution is 7.99. The molecule has 0 saturated heterocycles. The second-order valence-corrected chi connectivity index (χ2v) is 3.33. The van der Waals surface area contributed by atoms with Crippen LogP contribution in [0.4, 0.5) is 4.79 Å². The molecule has 0 aromatic heterocycles. The van der Waals surface area contributed by atoms with Crippen LogP contribution in [0.25, 0.3) is 0 Å². The topological polar surface area (TPSA) is 63.2 Å². The van der Waals surface area contributed by atoms with Gasteiger partial charge >= 0.3 is 0 Å². The van der Waals surface area contributed by atoms with Crippen LogP contribution in [-0.4, -0.2) is 19.9 Å². The highest BCUT2D eigenvalue weighted by Gasteiger charge is 2.00. The number of amides is 1. The first-order valence-corrected chi connectivity index (χ1v) is 3.96. The van der Waals surface area contributed by atoms with Gasteiger partial charge in [-0.1, -0.05) is 12.6 Å². The average molecular weight is 155 g/mol. The largest absolute Gasteiger partial charge is 0.289 e. The van der Waals surface area contributed by atoms with E-state index in [4.69, 9.17) is 0 Å².